The molecule has 0 unspecified atom stereocenters. The molecule has 1 atom stereocenters. The van der Waals surface area contributed by atoms with Gasteiger partial charge in [-0.2, -0.15) is 0 Å². The van der Waals surface area contributed by atoms with Crippen LogP contribution in [-0.2, 0) is 27.3 Å². The fourth-order valence-corrected chi connectivity index (χ4v) is 5.35. The van der Waals surface area contributed by atoms with Gasteiger partial charge in [0.2, 0.25) is 11.8 Å². The zero-order valence-corrected chi connectivity index (χ0v) is 22.0. The molecule has 0 aliphatic carbocycles. The lowest BCUT2D eigenvalue weighted by Gasteiger charge is -2.44. The summed E-state index contributed by atoms with van der Waals surface area (Å²) < 4.78 is 11.6. The van der Waals surface area contributed by atoms with E-state index in [2.05, 4.69) is 5.32 Å². The van der Waals surface area contributed by atoms with E-state index < -0.39 is 11.8 Å². The summed E-state index contributed by atoms with van der Waals surface area (Å²) in [5, 5.41) is 2.97. The number of carbonyl (C=O) groups is 3. The van der Waals surface area contributed by atoms with Crippen LogP contribution in [-0.4, -0.2) is 66.1 Å². The lowest BCUT2D eigenvalue weighted by Crippen LogP contribution is -2.59. The minimum absolute atomic E-state index is 0.0388. The lowest BCUT2D eigenvalue weighted by molar-refractivity contribution is -0.143. The molecule has 1 spiro atoms. The molecule has 3 aromatic carbocycles. The second kappa shape index (κ2) is 11.7. The Morgan fingerprint density at radius 1 is 0.923 bits per heavy atom. The molecule has 0 radical (unpaired) electrons. The Morgan fingerprint density at radius 3 is 2.26 bits per heavy atom. The third-order valence-corrected chi connectivity index (χ3v) is 7.50. The van der Waals surface area contributed by atoms with Crippen LogP contribution in [0.3, 0.4) is 0 Å². The number of methoxy groups -OCH3 is 1. The summed E-state index contributed by atoms with van der Waals surface area (Å²) >= 11 is 0. The summed E-state index contributed by atoms with van der Waals surface area (Å²) in [7, 11) is 1.55. The summed E-state index contributed by atoms with van der Waals surface area (Å²) in [6.07, 6.45) is 1.17. The van der Waals surface area contributed by atoms with E-state index in [0.29, 0.717) is 50.2 Å². The second-order valence-electron chi connectivity index (χ2n) is 9.93. The highest BCUT2D eigenvalue weighted by Gasteiger charge is 2.54. The van der Waals surface area contributed by atoms with E-state index in [0.717, 1.165) is 11.1 Å². The van der Waals surface area contributed by atoms with Gasteiger partial charge in [0.1, 0.15) is 17.5 Å². The van der Waals surface area contributed by atoms with Gasteiger partial charge >= 0.3 is 0 Å². The highest BCUT2D eigenvalue weighted by atomic mass is 16.5. The van der Waals surface area contributed by atoms with Crippen molar-refractivity contribution in [1.82, 2.24) is 15.1 Å². The largest absolute Gasteiger partial charge is 0.497 e. The van der Waals surface area contributed by atoms with Crippen molar-refractivity contribution in [1.29, 1.82) is 0 Å². The molecule has 5 rings (SSSR count). The number of nitrogens with one attached hydrogen (secondary N) is 1. The van der Waals surface area contributed by atoms with E-state index >= 15 is 0 Å². The number of nitrogens with zero attached hydrogens (tertiary/aromatic N) is 2. The summed E-state index contributed by atoms with van der Waals surface area (Å²) in [4.78, 5) is 43.8. The Kier molecular flexibility index (Phi) is 7.93. The SMILES string of the molecule is COc1cccc(C(=O)N2[C@@H](C(=O)NCc3ccccc3)COC23CCN(C(=O)Cc2ccccc2)CC3)c1. The predicted molar refractivity (Wildman–Crippen MR) is 146 cm³/mol. The molecule has 8 nitrogen and oxygen atoms in total. The molecule has 2 aliphatic rings. The fraction of sp³-hybridized carbons (Fsp3) is 0.323. The molecule has 1 N–H and O–H groups in total. The molecule has 0 saturated carbocycles. The van der Waals surface area contributed by atoms with Gasteiger partial charge in [0.25, 0.3) is 5.91 Å². The van der Waals surface area contributed by atoms with Crippen LogP contribution in [0, 0.1) is 0 Å². The van der Waals surface area contributed by atoms with E-state index in [9.17, 15) is 14.4 Å². The van der Waals surface area contributed by atoms with Crippen LogP contribution in [0.25, 0.3) is 0 Å². The molecule has 2 heterocycles. The summed E-state index contributed by atoms with van der Waals surface area (Å²) in [6.45, 7) is 1.32. The van der Waals surface area contributed by atoms with E-state index in [-0.39, 0.29) is 24.3 Å². The lowest BCUT2D eigenvalue weighted by atomic mass is 9.96. The van der Waals surface area contributed by atoms with Gasteiger partial charge in [-0.3, -0.25) is 19.3 Å². The fourth-order valence-electron chi connectivity index (χ4n) is 5.35. The Hall–Kier alpha value is -4.17. The maximum Gasteiger partial charge on any atom is 0.257 e. The van der Waals surface area contributed by atoms with Gasteiger partial charge in [-0.25, -0.2) is 0 Å². The Labute approximate surface area is 228 Å². The number of benzene rings is 3. The zero-order chi connectivity index (χ0) is 27.2. The molecule has 0 bridgehead atoms. The number of piperidine rings is 1. The maximum atomic E-state index is 14.0. The minimum Gasteiger partial charge on any atom is -0.497 e. The van der Waals surface area contributed by atoms with E-state index in [1.807, 2.05) is 65.6 Å². The van der Waals surface area contributed by atoms with Gasteiger partial charge in [-0.05, 0) is 29.3 Å². The van der Waals surface area contributed by atoms with E-state index in [1.54, 1.807) is 36.3 Å². The third kappa shape index (κ3) is 5.81. The van der Waals surface area contributed by atoms with Gasteiger partial charge in [0, 0.05) is 38.0 Å². The van der Waals surface area contributed by atoms with Crippen LogP contribution in [0.4, 0.5) is 0 Å². The molecular formula is C31H33N3O5. The highest BCUT2D eigenvalue weighted by Crippen LogP contribution is 2.39. The van der Waals surface area contributed by atoms with Crippen molar-refractivity contribution in [3.63, 3.8) is 0 Å². The average Bonchev–Trinajstić information content (AvgIpc) is 3.35. The molecule has 39 heavy (non-hydrogen) atoms. The van der Waals surface area contributed by atoms with Crippen LogP contribution < -0.4 is 10.1 Å². The van der Waals surface area contributed by atoms with Crippen LogP contribution in [0.1, 0.15) is 34.3 Å². The molecule has 2 saturated heterocycles. The first-order chi connectivity index (χ1) is 19.0. The van der Waals surface area contributed by atoms with Crippen molar-refractivity contribution in [2.24, 2.45) is 0 Å². The van der Waals surface area contributed by atoms with Gasteiger partial charge < -0.3 is 19.7 Å². The first-order valence-corrected chi connectivity index (χ1v) is 13.2. The van der Waals surface area contributed by atoms with Crippen molar-refractivity contribution >= 4 is 17.7 Å². The number of carbonyl (C=O) groups excluding carboxylic acids is 3. The Balaban J connectivity index is 1.34. The van der Waals surface area contributed by atoms with Crippen LogP contribution in [0.5, 0.6) is 5.75 Å². The Bertz CT molecular complexity index is 1310. The highest BCUT2D eigenvalue weighted by molar-refractivity contribution is 5.98. The van der Waals surface area contributed by atoms with Crippen molar-refractivity contribution in [2.45, 2.75) is 37.6 Å². The monoisotopic (exact) mass is 527 g/mol. The van der Waals surface area contributed by atoms with Crippen LogP contribution in [0.15, 0.2) is 84.9 Å². The number of hydrogen-bond donors (Lipinski definition) is 1. The first kappa shape index (κ1) is 26.4. The predicted octanol–water partition coefficient (Wildman–Crippen LogP) is 3.41. The van der Waals surface area contributed by atoms with Crippen LogP contribution in [0.2, 0.25) is 0 Å². The van der Waals surface area contributed by atoms with Crippen molar-refractivity contribution in [2.75, 3.05) is 26.8 Å². The molecule has 3 amide bonds. The second-order valence-corrected chi connectivity index (χ2v) is 9.93. The molecule has 0 aromatic heterocycles. The number of ether oxygens (including phenoxy) is 2. The maximum absolute atomic E-state index is 14.0. The number of amides is 3. The normalized spacial score (nSPS) is 18.1. The third-order valence-electron chi connectivity index (χ3n) is 7.50. The van der Waals surface area contributed by atoms with E-state index in [4.69, 9.17) is 9.47 Å². The molecule has 2 aliphatic heterocycles. The van der Waals surface area contributed by atoms with Crippen molar-refractivity contribution in [3.8, 4) is 5.75 Å². The first-order valence-electron chi connectivity index (χ1n) is 13.2. The smallest absolute Gasteiger partial charge is 0.257 e. The molecule has 8 heteroatoms. The number of likely N-dealkylation sites (tertiary alicyclic amines) is 1. The van der Waals surface area contributed by atoms with Crippen molar-refractivity contribution in [3.05, 3.63) is 102 Å². The topological polar surface area (TPSA) is 88.2 Å². The molecule has 2 fully saturated rings. The summed E-state index contributed by atoms with van der Waals surface area (Å²) in [5.41, 5.74) is 1.38. The van der Waals surface area contributed by atoms with E-state index in [1.165, 1.54) is 0 Å². The van der Waals surface area contributed by atoms with Gasteiger partial charge in [0.05, 0.1) is 20.1 Å². The molecular weight excluding hydrogens is 494 g/mol. The number of rotatable bonds is 7. The van der Waals surface area contributed by atoms with Gasteiger partial charge in [-0.1, -0.05) is 66.7 Å². The standard InChI is InChI=1S/C31H33N3O5/c1-38-26-14-8-13-25(20-26)30(37)34-27(29(36)32-21-24-11-6-3-7-12-24)22-39-31(34)15-17-33(18-16-31)28(35)19-23-9-4-2-5-10-23/h2-14,20,27H,15-19,21-22H2,1H3,(H,32,36)/t27-/m1/s1. The summed E-state index contributed by atoms with van der Waals surface area (Å²) in [5.74, 6) is 0.0307. The Morgan fingerprint density at radius 2 is 1.59 bits per heavy atom. The van der Waals surface area contributed by atoms with Gasteiger partial charge in [-0.15, -0.1) is 0 Å². The van der Waals surface area contributed by atoms with Crippen molar-refractivity contribution < 1.29 is 23.9 Å². The quantitative estimate of drug-likeness (QED) is 0.509. The molecule has 202 valence electrons. The average molecular weight is 528 g/mol. The summed E-state index contributed by atoms with van der Waals surface area (Å²) in [6, 6.07) is 25.4. The van der Waals surface area contributed by atoms with Crippen LogP contribution >= 0.6 is 0 Å². The zero-order valence-electron chi connectivity index (χ0n) is 22.0. The minimum atomic E-state index is -0.974. The van der Waals surface area contributed by atoms with Gasteiger partial charge in [0.15, 0.2) is 0 Å². The number of hydrogen-bond acceptors (Lipinski definition) is 5. The molecule has 3 aromatic rings.